The number of carbonyl (C=O) groups is 1. The Morgan fingerprint density at radius 2 is 1.76 bits per heavy atom. The number of sulfone groups is 1. The molecule has 1 N–H and O–H groups in total. The summed E-state index contributed by atoms with van der Waals surface area (Å²) in [4.78, 5) is 11.7. The minimum absolute atomic E-state index is 0.00874. The predicted octanol–water partition coefficient (Wildman–Crippen LogP) is 1.68. The minimum Gasteiger partial charge on any atom is -0.508 e. The molecule has 4 nitrogen and oxygen atoms in total. The SMILES string of the molecule is CC(=O)C1(S(=O)(=O)c2ccc(O)cc2)CCC1. The van der Waals surface area contributed by atoms with Gasteiger partial charge in [0, 0.05) is 0 Å². The number of hydrogen-bond acceptors (Lipinski definition) is 4. The number of phenolic OH excluding ortho intramolecular Hbond substituents is 1. The molecule has 1 saturated carbocycles. The maximum Gasteiger partial charge on any atom is 0.191 e. The van der Waals surface area contributed by atoms with E-state index < -0.39 is 14.6 Å². The van der Waals surface area contributed by atoms with E-state index in [9.17, 15) is 13.2 Å². The summed E-state index contributed by atoms with van der Waals surface area (Å²) in [6, 6.07) is 5.32. The van der Waals surface area contributed by atoms with E-state index in [-0.39, 0.29) is 16.4 Å². The third-order valence-electron chi connectivity index (χ3n) is 3.46. The molecule has 0 atom stereocenters. The van der Waals surface area contributed by atoms with E-state index in [1.165, 1.54) is 31.2 Å². The molecule has 0 aromatic heterocycles. The van der Waals surface area contributed by atoms with Crippen LogP contribution in [-0.2, 0) is 14.6 Å². The summed E-state index contributed by atoms with van der Waals surface area (Å²) < 4.78 is 23.5. The molecule has 1 aliphatic rings. The van der Waals surface area contributed by atoms with Crippen molar-refractivity contribution in [1.29, 1.82) is 0 Å². The average Bonchev–Trinajstić information content (AvgIpc) is 2.14. The Kier molecular flexibility index (Phi) is 2.73. The highest BCUT2D eigenvalue weighted by Gasteiger charge is 2.53. The van der Waals surface area contributed by atoms with E-state index >= 15 is 0 Å². The van der Waals surface area contributed by atoms with Crippen molar-refractivity contribution < 1.29 is 18.3 Å². The molecular formula is C12H14O4S. The van der Waals surface area contributed by atoms with Gasteiger partial charge in [-0.3, -0.25) is 4.79 Å². The first kappa shape index (κ1) is 12.1. The molecule has 5 heteroatoms. The van der Waals surface area contributed by atoms with Gasteiger partial charge in [-0.15, -0.1) is 0 Å². The predicted molar refractivity (Wildman–Crippen MR) is 62.6 cm³/mol. The second-order valence-electron chi connectivity index (χ2n) is 4.40. The van der Waals surface area contributed by atoms with Crippen LogP contribution < -0.4 is 0 Å². The van der Waals surface area contributed by atoms with Crippen molar-refractivity contribution >= 4 is 15.6 Å². The zero-order valence-electron chi connectivity index (χ0n) is 9.51. The Morgan fingerprint density at radius 3 is 2.12 bits per heavy atom. The monoisotopic (exact) mass is 254 g/mol. The summed E-state index contributed by atoms with van der Waals surface area (Å²) in [5.41, 5.74) is 0. The molecule has 0 radical (unpaired) electrons. The van der Waals surface area contributed by atoms with Crippen molar-refractivity contribution in [2.45, 2.75) is 35.8 Å². The van der Waals surface area contributed by atoms with E-state index in [0.717, 1.165) is 6.42 Å². The van der Waals surface area contributed by atoms with Crippen LogP contribution in [-0.4, -0.2) is 24.1 Å². The Labute approximate surface area is 100 Å². The van der Waals surface area contributed by atoms with Crippen LogP contribution in [0.25, 0.3) is 0 Å². The van der Waals surface area contributed by atoms with E-state index in [4.69, 9.17) is 5.11 Å². The lowest BCUT2D eigenvalue weighted by molar-refractivity contribution is -0.121. The number of carbonyl (C=O) groups excluding carboxylic acids is 1. The Balaban J connectivity index is 2.49. The topological polar surface area (TPSA) is 71.4 Å². The fraction of sp³-hybridized carbons (Fsp3) is 0.417. The maximum atomic E-state index is 12.4. The normalized spacial score (nSPS) is 18.4. The highest BCUT2D eigenvalue weighted by atomic mass is 32.2. The minimum atomic E-state index is -3.64. The van der Waals surface area contributed by atoms with Gasteiger partial charge in [-0.2, -0.15) is 0 Å². The molecule has 1 aliphatic carbocycles. The molecule has 17 heavy (non-hydrogen) atoms. The molecule has 1 aromatic carbocycles. The van der Waals surface area contributed by atoms with E-state index in [2.05, 4.69) is 0 Å². The van der Waals surface area contributed by atoms with Gasteiger partial charge in [-0.05, 0) is 50.5 Å². The zero-order chi connectivity index (χ0) is 12.7. The van der Waals surface area contributed by atoms with Gasteiger partial charge in [0.15, 0.2) is 15.6 Å². The van der Waals surface area contributed by atoms with Crippen LogP contribution in [0.5, 0.6) is 5.75 Å². The van der Waals surface area contributed by atoms with Gasteiger partial charge in [0.1, 0.15) is 10.5 Å². The van der Waals surface area contributed by atoms with Crippen LogP contribution in [0.15, 0.2) is 29.2 Å². The van der Waals surface area contributed by atoms with E-state index in [0.29, 0.717) is 12.8 Å². The van der Waals surface area contributed by atoms with Gasteiger partial charge in [0.2, 0.25) is 0 Å². The van der Waals surface area contributed by atoms with Gasteiger partial charge in [-0.25, -0.2) is 8.42 Å². The molecule has 0 saturated heterocycles. The lowest BCUT2D eigenvalue weighted by Crippen LogP contribution is -2.50. The lowest BCUT2D eigenvalue weighted by Gasteiger charge is -2.38. The van der Waals surface area contributed by atoms with E-state index in [1.807, 2.05) is 0 Å². The molecule has 2 rings (SSSR count). The van der Waals surface area contributed by atoms with Gasteiger partial charge < -0.3 is 5.11 Å². The lowest BCUT2D eigenvalue weighted by atomic mass is 9.81. The molecular weight excluding hydrogens is 240 g/mol. The highest BCUT2D eigenvalue weighted by molar-refractivity contribution is 7.93. The summed E-state index contributed by atoms with van der Waals surface area (Å²) >= 11 is 0. The van der Waals surface area contributed by atoms with Gasteiger partial charge >= 0.3 is 0 Å². The molecule has 0 unspecified atom stereocenters. The highest BCUT2D eigenvalue weighted by Crippen LogP contribution is 2.43. The first-order valence-corrected chi connectivity index (χ1v) is 6.93. The number of ketones is 1. The number of aromatic hydroxyl groups is 1. The first-order valence-electron chi connectivity index (χ1n) is 5.45. The number of Topliss-reactive ketones (excluding diaryl/α,β-unsaturated/α-hetero) is 1. The molecule has 1 fully saturated rings. The number of benzene rings is 1. The van der Waals surface area contributed by atoms with Crippen molar-refractivity contribution in [3.63, 3.8) is 0 Å². The number of phenols is 1. The summed E-state index contributed by atoms with van der Waals surface area (Å²) in [5, 5.41) is 9.14. The van der Waals surface area contributed by atoms with Crippen molar-refractivity contribution in [1.82, 2.24) is 0 Å². The van der Waals surface area contributed by atoms with Crippen LogP contribution >= 0.6 is 0 Å². The number of rotatable bonds is 3. The maximum absolute atomic E-state index is 12.4. The van der Waals surface area contributed by atoms with Gasteiger partial charge in [0.05, 0.1) is 4.90 Å². The van der Waals surface area contributed by atoms with Gasteiger partial charge in [0.25, 0.3) is 0 Å². The quantitative estimate of drug-likeness (QED) is 0.890. The Hall–Kier alpha value is -1.36. The summed E-state index contributed by atoms with van der Waals surface area (Å²) in [6.45, 7) is 1.33. The second-order valence-corrected chi connectivity index (χ2v) is 6.66. The molecule has 0 spiro atoms. The third-order valence-corrected chi connectivity index (χ3v) is 6.08. The molecule has 92 valence electrons. The zero-order valence-corrected chi connectivity index (χ0v) is 10.3. The van der Waals surface area contributed by atoms with Crippen LogP contribution in [0, 0.1) is 0 Å². The van der Waals surface area contributed by atoms with Crippen LogP contribution in [0.2, 0.25) is 0 Å². The van der Waals surface area contributed by atoms with Crippen LogP contribution in [0.1, 0.15) is 26.2 Å². The largest absolute Gasteiger partial charge is 0.508 e. The molecule has 0 aliphatic heterocycles. The van der Waals surface area contributed by atoms with Crippen LogP contribution in [0.3, 0.4) is 0 Å². The average molecular weight is 254 g/mol. The second kappa shape index (κ2) is 3.84. The fourth-order valence-electron chi connectivity index (χ4n) is 2.16. The standard InChI is InChI=1S/C12H14O4S/c1-9(13)12(7-2-8-12)17(15,16)11-5-3-10(14)4-6-11/h3-6,14H,2,7-8H2,1H3. The fourth-order valence-corrected chi connectivity index (χ4v) is 4.31. The molecule has 0 heterocycles. The third kappa shape index (κ3) is 1.65. The van der Waals surface area contributed by atoms with Gasteiger partial charge in [-0.1, -0.05) is 0 Å². The number of hydrogen-bond donors (Lipinski definition) is 1. The van der Waals surface area contributed by atoms with Crippen molar-refractivity contribution in [2.24, 2.45) is 0 Å². The molecule has 1 aromatic rings. The van der Waals surface area contributed by atoms with Crippen molar-refractivity contribution in [3.05, 3.63) is 24.3 Å². The van der Waals surface area contributed by atoms with E-state index in [1.54, 1.807) is 0 Å². The summed E-state index contributed by atoms with van der Waals surface area (Å²) in [5.74, 6) is -0.286. The Morgan fingerprint density at radius 1 is 1.24 bits per heavy atom. The van der Waals surface area contributed by atoms with Crippen molar-refractivity contribution in [3.8, 4) is 5.75 Å². The Bertz CT molecular complexity index is 538. The smallest absolute Gasteiger partial charge is 0.191 e. The molecule has 0 bridgehead atoms. The van der Waals surface area contributed by atoms with Crippen LogP contribution in [0.4, 0.5) is 0 Å². The summed E-state index contributed by atoms with van der Waals surface area (Å²) in [6.07, 6.45) is 1.55. The summed E-state index contributed by atoms with van der Waals surface area (Å²) in [7, 11) is -3.64. The first-order chi connectivity index (χ1) is 7.90. The van der Waals surface area contributed by atoms with Crippen molar-refractivity contribution in [2.75, 3.05) is 0 Å². The molecule has 0 amide bonds.